The lowest BCUT2D eigenvalue weighted by atomic mass is 9.96. The minimum Gasteiger partial charge on any atom is -0.289 e. The van der Waals surface area contributed by atoms with E-state index < -0.39 is 29.3 Å². The molecule has 12 heteroatoms. The molecule has 1 aliphatic carbocycles. The summed E-state index contributed by atoms with van der Waals surface area (Å²) in [5.41, 5.74) is -1.09. The second-order valence-corrected chi connectivity index (χ2v) is 10.1. The first-order valence-corrected chi connectivity index (χ1v) is 12.8. The maximum atomic E-state index is 14.0. The van der Waals surface area contributed by atoms with Crippen LogP contribution in [0.1, 0.15) is 43.9 Å². The summed E-state index contributed by atoms with van der Waals surface area (Å²) < 4.78 is 85.0. The maximum Gasteiger partial charge on any atom is 0.417 e. The van der Waals surface area contributed by atoms with Crippen molar-refractivity contribution in [1.29, 1.82) is 0 Å². The first-order chi connectivity index (χ1) is 19.9. The summed E-state index contributed by atoms with van der Waals surface area (Å²) in [6.07, 6.45) is -6.88. The normalized spacial score (nSPS) is 12.8. The molecule has 212 valence electrons. The molecule has 2 heterocycles. The van der Waals surface area contributed by atoms with Crippen LogP contribution in [0.25, 0.3) is 28.1 Å². The van der Waals surface area contributed by atoms with Crippen LogP contribution in [0.15, 0.2) is 73.1 Å². The van der Waals surface area contributed by atoms with Crippen molar-refractivity contribution in [2.24, 2.45) is 0 Å². The van der Waals surface area contributed by atoms with Crippen molar-refractivity contribution in [3.05, 3.63) is 117 Å². The molecule has 42 heavy (non-hydrogen) atoms. The van der Waals surface area contributed by atoms with Crippen molar-refractivity contribution in [3.8, 4) is 28.1 Å². The molecule has 0 unspecified atom stereocenters. The largest absolute Gasteiger partial charge is 0.417 e. The van der Waals surface area contributed by atoms with Crippen LogP contribution in [-0.2, 0) is 18.8 Å². The van der Waals surface area contributed by atoms with Gasteiger partial charge in [0, 0.05) is 35.5 Å². The zero-order chi connectivity index (χ0) is 30.0. The number of benzene rings is 3. The predicted molar refractivity (Wildman–Crippen MR) is 142 cm³/mol. The number of hydrogen-bond donors (Lipinski definition) is 0. The molecule has 0 N–H and O–H groups in total. The van der Waals surface area contributed by atoms with Crippen LogP contribution in [0.2, 0.25) is 5.02 Å². The van der Waals surface area contributed by atoms with Gasteiger partial charge in [-0.25, -0.2) is 4.68 Å². The average Bonchev–Trinajstić information content (AvgIpc) is 3.51. The van der Waals surface area contributed by atoms with Crippen LogP contribution in [0, 0.1) is 6.92 Å². The molecule has 2 aromatic heterocycles. The Morgan fingerprint density at radius 1 is 0.905 bits per heavy atom. The summed E-state index contributed by atoms with van der Waals surface area (Å²) in [6, 6.07) is 13.1. The number of aromatic nitrogens is 4. The molecule has 0 amide bonds. The molecular weight excluding hydrogens is 582 g/mol. The molecule has 3 aromatic carbocycles. The highest BCUT2D eigenvalue weighted by Crippen LogP contribution is 2.48. The molecule has 0 saturated carbocycles. The van der Waals surface area contributed by atoms with E-state index in [4.69, 9.17) is 11.6 Å². The predicted octanol–water partition coefficient (Wildman–Crippen LogP) is 8.13. The Morgan fingerprint density at radius 3 is 2.38 bits per heavy atom. The zero-order valence-corrected chi connectivity index (χ0v) is 22.2. The van der Waals surface area contributed by atoms with Gasteiger partial charge in [-0.05, 0) is 65.6 Å². The number of rotatable bonds is 4. The van der Waals surface area contributed by atoms with Gasteiger partial charge in [0.15, 0.2) is 5.78 Å². The summed E-state index contributed by atoms with van der Waals surface area (Å²) >= 11 is 6.24. The lowest BCUT2D eigenvalue weighted by molar-refractivity contribution is -0.137. The van der Waals surface area contributed by atoms with Gasteiger partial charge in [0.1, 0.15) is 5.69 Å². The second-order valence-electron chi connectivity index (χ2n) is 9.70. The number of carbonyl (C=O) groups is 1. The van der Waals surface area contributed by atoms with Crippen LogP contribution in [0.3, 0.4) is 0 Å². The summed E-state index contributed by atoms with van der Waals surface area (Å²) in [5, 5.41) is 8.50. The smallest absolute Gasteiger partial charge is 0.289 e. The van der Waals surface area contributed by atoms with E-state index in [9.17, 15) is 31.1 Å². The van der Waals surface area contributed by atoms with Gasteiger partial charge in [-0.2, -0.15) is 26.3 Å². The van der Waals surface area contributed by atoms with E-state index >= 15 is 0 Å². The van der Waals surface area contributed by atoms with E-state index in [1.807, 2.05) is 0 Å². The zero-order valence-electron chi connectivity index (χ0n) is 21.5. The third-order valence-electron chi connectivity index (χ3n) is 7.21. The fourth-order valence-electron chi connectivity index (χ4n) is 5.29. The second kappa shape index (κ2) is 9.80. The molecule has 0 atom stereocenters. The Morgan fingerprint density at radius 2 is 1.67 bits per heavy atom. The molecule has 0 saturated heterocycles. The fourth-order valence-corrected chi connectivity index (χ4v) is 5.51. The summed E-state index contributed by atoms with van der Waals surface area (Å²) in [5.74, 6) is -0.429. The van der Waals surface area contributed by atoms with Crippen molar-refractivity contribution in [1.82, 2.24) is 20.0 Å². The number of nitrogens with zero attached hydrogens (tertiary/aromatic N) is 4. The van der Waals surface area contributed by atoms with Crippen LogP contribution < -0.4 is 0 Å². The maximum absolute atomic E-state index is 14.0. The van der Waals surface area contributed by atoms with Crippen LogP contribution >= 0.6 is 11.6 Å². The van der Waals surface area contributed by atoms with Gasteiger partial charge in [-0.1, -0.05) is 41.1 Å². The van der Waals surface area contributed by atoms with E-state index in [0.29, 0.717) is 0 Å². The minimum atomic E-state index is -4.85. The lowest BCUT2D eigenvalue weighted by Crippen LogP contribution is -2.11. The van der Waals surface area contributed by atoms with Gasteiger partial charge in [0.25, 0.3) is 0 Å². The summed E-state index contributed by atoms with van der Waals surface area (Å²) in [6.45, 7) is 1.54. The van der Waals surface area contributed by atoms with Crippen molar-refractivity contribution < 1.29 is 31.1 Å². The first kappa shape index (κ1) is 27.6. The molecule has 0 spiro atoms. The van der Waals surface area contributed by atoms with E-state index in [-0.39, 0.29) is 67.5 Å². The number of fused-ring (bicyclic) bond motifs is 3. The standard InChI is InChI=1S/C30H17ClF6N4O/c1-15-27(22-14-38-10-9-18(22)28(42)19-6-2-3-8-24(19)31)39-40-41(15)25-13-17(29(32,33)34)12-21-20(25)11-16-5-4-7-23(26(16)21)30(35,36)37/h2-10,12-14H,11H2,1H3. The number of hydrogen-bond acceptors (Lipinski definition) is 4. The Kier molecular flexibility index (Phi) is 6.45. The topological polar surface area (TPSA) is 60.7 Å². The molecule has 0 radical (unpaired) electrons. The molecule has 6 rings (SSSR count). The lowest BCUT2D eigenvalue weighted by Gasteiger charge is -2.17. The first-order valence-electron chi connectivity index (χ1n) is 12.5. The van der Waals surface area contributed by atoms with Crippen LogP contribution in [-0.4, -0.2) is 25.8 Å². The number of pyridine rings is 1. The Balaban J connectivity index is 1.54. The molecule has 0 fully saturated rings. The number of ketones is 1. The van der Waals surface area contributed by atoms with Crippen LogP contribution in [0.4, 0.5) is 26.3 Å². The third kappa shape index (κ3) is 4.53. The highest BCUT2D eigenvalue weighted by Gasteiger charge is 2.40. The molecule has 5 aromatic rings. The fraction of sp³-hybridized carbons (Fsp3) is 0.133. The van der Waals surface area contributed by atoms with E-state index in [2.05, 4.69) is 15.3 Å². The van der Waals surface area contributed by atoms with E-state index in [0.717, 1.165) is 22.9 Å². The summed E-state index contributed by atoms with van der Waals surface area (Å²) in [4.78, 5) is 17.5. The van der Waals surface area contributed by atoms with Gasteiger partial charge < -0.3 is 0 Å². The van der Waals surface area contributed by atoms with Crippen LogP contribution in [0.5, 0.6) is 0 Å². The molecule has 5 nitrogen and oxygen atoms in total. The van der Waals surface area contributed by atoms with Gasteiger partial charge in [-0.3, -0.25) is 9.78 Å². The van der Waals surface area contributed by atoms with Gasteiger partial charge in [0.05, 0.1) is 27.5 Å². The SMILES string of the molecule is Cc1c(-c2cnccc2C(=O)c2ccccc2Cl)nnn1-c1cc(C(F)(F)F)cc2c1Cc1cccc(C(F)(F)F)c1-2. The molecule has 1 aliphatic rings. The number of alkyl halides is 6. The van der Waals surface area contributed by atoms with Gasteiger partial charge >= 0.3 is 12.4 Å². The van der Waals surface area contributed by atoms with Crippen molar-refractivity contribution >= 4 is 17.4 Å². The Bertz CT molecular complexity index is 1890. The monoisotopic (exact) mass is 598 g/mol. The van der Waals surface area contributed by atoms with Gasteiger partial charge in [-0.15, -0.1) is 5.10 Å². The summed E-state index contributed by atoms with van der Waals surface area (Å²) in [7, 11) is 0. The number of carbonyl (C=O) groups excluding carboxylic acids is 1. The number of halogens is 7. The average molecular weight is 599 g/mol. The molecule has 0 bridgehead atoms. The minimum absolute atomic E-state index is 0.0418. The van der Waals surface area contributed by atoms with E-state index in [1.165, 1.54) is 30.6 Å². The van der Waals surface area contributed by atoms with Gasteiger partial charge in [0.2, 0.25) is 0 Å². The Labute approximate surface area is 239 Å². The molecule has 0 aliphatic heterocycles. The quantitative estimate of drug-likeness (QED) is 0.152. The van der Waals surface area contributed by atoms with Crippen molar-refractivity contribution in [3.63, 3.8) is 0 Å². The highest BCUT2D eigenvalue weighted by molar-refractivity contribution is 6.35. The molecular formula is C30H17ClF6N4O. The highest BCUT2D eigenvalue weighted by atomic mass is 35.5. The van der Waals surface area contributed by atoms with Crippen molar-refractivity contribution in [2.45, 2.75) is 25.7 Å². The third-order valence-corrected chi connectivity index (χ3v) is 7.54. The Hall–Kier alpha value is -4.51. The van der Waals surface area contributed by atoms with E-state index in [1.54, 1.807) is 31.2 Å². The van der Waals surface area contributed by atoms with Crippen molar-refractivity contribution in [2.75, 3.05) is 0 Å².